The molecular weight excluding hydrogens is 390 g/mol. The fourth-order valence-corrected chi connectivity index (χ4v) is 3.52. The minimum atomic E-state index is -3.62. The van der Waals surface area contributed by atoms with E-state index in [1.165, 1.54) is 18.2 Å². The molecule has 9 heteroatoms. The molecule has 0 aliphatic rings. The van der Waals surface area contributed by atoms with Crippen molar-refractivity contribution in [2.24, 2.45) is 0 Å². The third kappa shape index (κ3) is 6.82. The van der Waals surface area contributed by atoms with Crippen molar-refractivity contribution in [2.75, 3.05) is 13.2 Å². The van der Waals surface area contributed by atoms with Gasteiger partial charge in [0.2, 0.25) is 10.0 Å². The van der Waals surface area contributed by atoms with Gasteiger partial charge in [-0.1, -0.05) is 31.0 Å². The minimum absolute atomic E-state index is 0.0514. The number of carbonyl (C=O) groups excluding carboxylic acids is 1. The Kier molecular flexibility index (Phi) is 8.02. The molecule has 0 spiro atoms. The maximum atomic E-state index is 12.2. The first-order valence-electron chi connectivity index (χ1n) is 8.51. The lowest BCUT2D eigenvalue weighted by Gasteiger charge is -2.11. The van der Waals surface area contributed by atoms with Crippen molar-refractivity contribution in [3.05, 3.63) is 53.3 Å². The predicted molar refractivity (Wildman–Crippen MR) is 103 cm³/mol. The minimum Gasteiger partial charge on any atom is -0.482 e. The van der Waals surface area contributed by atoms with Gasteiger partial charge in [0.1, 0.15) is 5.75 Å². The van der Waals surface area contributed by atoms with Crippen molar-refractivity contribution in [1.29, 1.82) is 0 Å². The van der Waals surface area contributed by atoms with Crippen LogP contribution >= 0.6 is 11.6 Å². The number of halogens is 1. The number of sulfonamides is 1. The van der Waals surface area contributed by atoms with Crippen molar-refractivity contribution in [1.82, 2.24) is 15.0 Å². The first kappa shape index (κ1) is 21.1. The van der Waals surface area contributed by atoms with Crippen LogP contribution in [0.4, 0.5) is 0 Å². The number of pyridine rings is 1. The summed E-state index contributed by atoms with van der Waals surface area (Å²) in [5.41, 5.74) is 0.731. The quantitative estimate of drug-likeness (QED) is 0.585. The molecule has 1 heterocycles. The Labute approximate surface area is 164 Å². The van der Waals surface area contributed by atoms with E-state index < -0.39 is 10.0 Å². The van der Waals surface area contributed by atoms with E-state index in [2.05, 4.69) is 15.0 Å². The second kappa shape index (κ2) is 10.2. The van der Waals surface area contributed by atoms with Crippen molar-refractivity contribution in [3.63, 3.8) is 0 Å². The topological polar surface area (TPSA) is 97.4 Å². The zero-order chi connectivity index (χ0) is 19.7. The van der Waals surface area contributed by atoms with Gasteiger partial charge < -0.3 is 10.1 Å². The van der Waals surface area contributed by atoms with Crippen LogP contribution in [-0.4, -0.2) is 32.5 Å². The highest BCUT2D eigenvalue weighted by Crippen LogP contribution is 2.27. The van der Waals surface area contributed by atoms with Gasteiger partial charge >= 0.3 is 0 Å². The molecule has 2 rings (SSSR count). The molecule has 0 aliphatic carbocycles. The second-order valence-electron chi connectivity index (χ2n) is 5.73. The molecule has 7 nitrogen and oxygen atoms in total. The maximum Gasteiger partial charge on any atom is 0.258 e. The number of ether oxygens (including phenoxy) is 1. The predicted octanol–water partition coefficient (Wildman–Crippen LogP) is 2.51. The van der Waals surface area contributed by atoms with E-state index in [1.54, 1.807) is 18.3 Å². The number of nitrogens with zero attached hydrogens (tertiary/aromatic N) is 1. The van der Waals surface area contributed by atoms with Gasteiger partial charge in [-0.05, 0) is 36.8 Å². The summed E-state index contributed by atoms with van der Waals surface area (Å²) in [7, 11) is -3.62. The van der Waals surface area contributed by atoms with Gasteiger partial charge in [0.25, 0.3) is 5.91 Å². The number of unbranched alkanes of at least 4 members (excludes halogenated alkanes) is 1. The summed E-state index contributed by atoms with van der Waals surface area (Å²) in [6.07, 6.45) is 3.28. The molecule has 2 N–H and O–H groups in total. The number of carbonyl (C=O) groups is 1. The molecule has 0 fully saturated rings. The van der Waals surface area contributed by atoms with E-state index in [0.717, 1.165) is 18.5 Å². The standard InChI is InChI=1S/C18H22ClN3O4S/c1-2-3-10-22-27(24,25)15-7-8-17(16(19)11-15)26-13-18(23)21-12-14-6-4-5-9-20-14/h4-9,11,22H,2-3,10,12-13H2,1H3,(H,21,23). The Morgan fingerprint density at radius 1 is 1.26 bits per heavy atom. The van der Waals surface area contributed by atoms with Crippen LogP contribution in [0.25, 0.3) is 0 Å². The average molecular weight is 412 g/mol. The fourth-order valence-electron chi connectivity index (χ4n) is 2.12. The van der Waals surface area contributed by atoms with Crippen LogP contribution < -0.4 is 14.8 Å². The Morgan fingerprint density at radius 2 is 2.07 bits per heavy atom. The molecule has 1 aromatic heterocycles. The fraction of sp³-hybridized carbons (Fsp3) is 0.333. The lowest BCUT2D eigenvalue weighted by Crippen LogP contribution is -2.28. The molecule has 0 bridgehead atoms. The molecule has 0 aliphatic heterocycles. The molecular formula is C18H22ClN3O4S. The summed E-state index contributed by atoms with van der Waals surface area (Å²) in [6.45, 7) is 2.39. The Bertz CT molecular complexity index is 860. The van der Waals surface area contributed by atoms with E-state index >= 15 is 0 Å². The number of amides is 1. The van der Waals surface area contributed by atoms with Gasteiger partial charge in [-0.3, -0.25) is 9.78 Å². The second-order valence-corrected chi connectivity index (χ2v) is 7.90. The molecule has 0 unspecified atom stereocenters. The lowest BCUT2D eigenvalue weighted by atomic mass is 10.3. The van der Waals surface area contributed by atoms with Gasteiger partial charge in [0.05, 0.1) is 22.2 Å². The van der Waals surface area contributed by atoms with Crippen LogP contribution in [0.1, 0.15) is 25.5 Å². The van der Waals surface area contributed by atoms with Crippen LogP contribution in [0.3, 0.4) is 0 Å². The number of hydrogen-bond donors (Lipinski definition) is 2. The smallest absolute Gasteiger partial charge is 0.258 e. The molecule has 0 saturated carbocycles. The van der Waals surface area contributed by atoms with Gasteiger partial charge in [-0.15, -0.1) is 0 Å². The number of rotatable bonds is 10. The molecule has 2 aromatic rings. The molecule has 0 saturated heterocycles. The summed E-state index contributed by atoms with van der Waals surface area (Å²) in [6, 6.07) is 9.55. The molecule has 146 valence electrons. The monoisotopic (exact) mass is 411 g/mol. The highest BCUT2D eigenvalue weighted by molar-refractivity contribution is 7.89. The highest BCUT2D eigenvalue weighted by Gasteiger charge is 2.16. The van der Waals surface area contributed by atoms with Crippen molar-refractivity contribution >= 4 is 27.5 Å². The van der Waals surface area contributed by atoms with Crippen LogP contribution in [0, 0.1) is 0 Å². The van der Waals surface area contributed by atoms with Crippen LogP contribution in [0.15, 0.2) is 47.5 Å². The largest absolute Gasteiger partial charge is 0.482 e. The summed E-state index contributed by atoms with van der Waals surface area (Å²) >= 11 is 6.09. The Balaban J connectivity index is 1.89. The molecule has 0 atom stereocenters. The molecule has 1 amide bonds. The van der Waals surface area contributed by atoms with E-state index in [1.807, 2.05) is 13.0 Å². The van der Waals surface area contributed by atoms with E-state index in [-0.39, 0.29) is 34.7 Å². The zero-order valence-electron chi connectivity index (χ0n) is 14.9. The van der Waals surface area contributed by atoms with Crippen molar-refractivity contribution < 1.29 is 17.9 Å². The lowest BCUT2D eigenvalue weighted by molar-refractivity contribution is -0.123. The van der Waals surface area contributed by atoms with Gasteiger partial charge in [0.15, 0.2) is 6.61 Å². The number of aromatic nitrogens is 1. The molecule has 1 aromatic carbocycles. The van der Waals surface area contributed by atoms with Crippen molar-refractivity contribution in [3.8, 4) is 5.75 Å². The molecule has 27 heavy (non-hydrogen) atoms. The first-order chi connectivity index (χ1) is 12.9. The van der Waals surface area contributed by atoms with Gasteiger partial charge in [-0.25, -0.2) is 13.1 Å². The van der Waals surface area contributed by atoms with Crippen LogP contribution in [0.5, 0.6) is 5.75 Å². The number of nitrogens with one attached hydrogen (secondary N) is 2. The summed E-state index contributed by atoms with van der Waals surface area (Å²) in [5.74, 6) is -0.105. The van der Waals surface area contributed by atoms with Crippen LogP contribution in [0.2, 0.25) is 5.02 Å². The van der Waals surface area contributed by atoms with E-state index in [9.17, 15) is 13.2 Å². The Morgan fingerprint density at radius 3 is 2.74 bits per heavy atom. The SMILES string of the molecule is CCCCNS(=O)(=O)c1ccc(OCC(=O)NCc2ccccn2)c(Cl)c1. The van der Waals surface area contributed by atoms with Gasteiger partial charge in [-0.2, -0.15) is 0 Å². The van der Waals surface area contributed by atoms with E-state index in [4.69, 9.17) is 16.3 Å². The van der Waals surface area contributed by atoms with Gasteiger partial charge in [0, 0.05) is 12.7 Å². The molecule has 0 radical (unpaired) electrons. The Hall–Kier alpha value is -2.16. The third-order valence-electron chi connectivity index (χ3n) is 3.59. The van der Waals surface area contributed by atoms with E-state index in [0.29, 0.717) is 6.54 Å². The third-order valence-corrected chi connectivity index (χ3v) is 5.34. The number of hydrogen-bond acceptors (Lipinski definition) is 5. The average Bonchev–Trinajstić information content (AvgIpc) is 2.66. The highest BCUT2D eigenvalue weighted by atomic mass is 35.5. The summed E-state index contributed by atoms with van der Waals surface area (Å²) in [5, 5.41) is 2.79. The maximum absolute atomic E-state index is 12.2. The van der Waals surface area contributed by atoms with Crippen molar-refractivity contribution in [2.45, 2.75) is 31.2 Å². The summed E-state index contributed by atoms with van der Waals surface area (Å²) < 4.78 is 32.2. The zero-order valence-corrected chi connectivity index (χ0v) is 16.5. The first-order valence-corrected chi connectivity index (χ1v) is 10.4. The van der Waals surface area contributed by atoms with Crippen LogP contribution in [-0.2, 0) is 21.4 Å². The number of benzene rings is 1. The summed E-state index contributed by atoms with van der Waals surface area (Å²) in [4.78, 5) is 16.0. The normalized spacial score (nSPS) is 11.2.